The Hall–Kier alpha value is -4.85. The molecule has 9 rings (SSSR count). The molecule has 2 aromatic heterocycles. The molecule has 80 heavy (non-hydrogen) atoms. The van der Waals surface area contributed by atoms with E-state index in [1.807, 2.05) is 49.9 Å². The zero-order valence-corrected chi connectivity index (χ0v) is 50.1. The molecule has 0 unspecified atom stereocenters. The van der Waals surface area contributed by atoms with E-state index in [0.717, 1.165) is 111 Å². The number of nitrogens with one attached hydrogen (secondary N) is 2. The van der Waals surface area contributed by atoms with Gasteiger partial charge in [-0.05, 0) is 170 Å². The molecule has 5 saturated heterocycles. The van der Waals surface area contributed by atoms with Crippen LogP contribution in [0.3, 0.4) is 0 Å². The smallest absolute Gasteiger partial charge is 0.321 e. The number of halogens is 2. The summed E-state index contributed by atoms with van der Waals surface area (Å²) in [6, 6.07) is 14.2. The second-order valence-corrected chi connectivity index (χ2v) is 26.3. The van der Waals surface area contributed by atoms with Gasteiger partial charge in [-0.2, -0.15) is 0 Å². The van der Waals surface area contributed by atoms with Crippen LogP contribution in [0.5, 0.6) is 0 Å². The van der Waals surface area contributed by atoms with Gasteiger partial charge >= 0.3 is 6.03 Å². The summed E-state index contributed by atoms with van der Waals surface area (Å²) in [5.74, 6) is 1.67. The maximum Gasteiger partial charge on any atom is 0.321 e. The number of hydrogen-bond acceptors (Lipinski definition) is 13. The first-order chi connectivity index (χ1) is 38.3. The Bertz CT molecular complexity index is 2710. The standard InChI is InChI=1S/C31H45FN6O2S.C31H42FN3O3S/c1-21-29(22(2)39)41-31(33-21)35-30(40)34-28-12-16-38(27-10-14-36(3)15-11-27)20-25(28)19-37-13-4-5-24(18-37)17-23-6-8-26(32)9-7-23;1-20(2)31(38)35-13-11-25(18-34-12-5-6-24(17-34)14-23-7-9-27(32)10-8-23)26(19-35)15-28(37)16-29-33-21(3)30(39-29)22(4)36/h6-9,24-25,27-28H,4-5,10-20H2,1-3H3,(H2,33,34,35,40);7-10,20,24-26H,5-6,11-19H2,1-4H3/t24-,25+,28+;24-,25-,26+/m00/s1. The molecular weight excluding hydrogens is 1050 g/mol. The molecular formula is C62H87F2N9O5S2. The molecule has 18 heteroatoms. The zero-order valence-electron chi connectivity index (χ0n) is 48.5. The number of carbonyl (C=O) groups excluding carboxylic acids is 5. The first-order valence-corrected chi connectivity index (χ1v) is 31.1. The number of Topliss-reactive ketones (excluding diaryl/α,β-unsaturated/α-hetero) is 3. The molecule has 436 valence electrons. The third kappa shape index (κ3) is 17.6. The molecule has 5 fully saturated rings. The second kappa shape index (κ2) is 28.9. The van der Waals surface area contributed by atoms with E-state index in [1.54, 1.807) is 19.1 Å². The number of carbonyl (C=O) groups is 5. The molecule has 0 radical (unpaired) electrons. The lowest BCUT2D eigenvalue weighted by Crippen LogP contribution is -2.58. The summed E-state index contributed by atoms with van der Waals surface area (Å²) in [6.07, 6.45) is 11.5. The second-order valence-electron chi connectivity index (χ2n) is 24.2. The molecule has 6 atom stereocenters. The van der Waals surface area contributed by atoms with Crippen molar-refractivity contribution in [3.8, 4) is 0 Å². The quantitative estimate of drug-likeness (QED) is 0.0917. The molecule has 0 saturated carbocycles. The predicted molar refractivity (Wildman–Crippen MR) is 315 cm³/mol. The van der Waals surface area contributed by atoms with Crippen LogP contribution in [0.15, 0.2) is 48.5 Å². The van der Waals surface area contributed by atoms with Gasteiger partial charge < -0.3 is 24.9 Å². The summed E-state index contributed by atoms with van der Waals surface area (Å²) in [5.41, 5.74) is 3.73. The molecule has 14 nitrogen and oxygen atoms in total. The number of urea groups is 1. The van der Waals surface area contributed by atoms with Crippen molar-refractivity contribution in [3.05, 3.63) is 97.4 Å². The lowest BCUT2D eigenvalue weighted by Gasteiger charge is -2.46. The number of ketones is 3. The zero-order chi connectivity index (χ0) is 57.0. The number of aryl methyl sites for hydroxylation is 2. The van der Waals surface area contributed by atoms with Crippen LogP contribution in [0.4, 0.5) is 18.7 Å². The Morgan fingerprint density at radius 3 is 1.76 bits per heavy atom. The fourth-order valence-electron chi connectivity index (χ4n) is 13.2. The largest absolute Gasteiger partial charge is 0.342 e. The van der Waals surface area contributed by atoms with Crippen LogP contribution in [0.25, 0.3) is 0 Å². The fourth-order valence-corrected chi connectivity index (χ4v) is 15.1. The van der Waals surface area contributed by atoms with Crippen LogP contribution < -0.4 is 10.6 Å². The van der Waals surface area contributed by atoms with Crippen LogP contribution in [0.2, 0.25) is 0 Å². The topological polar surface area (TPSA) is 151 Å². The van der Waals surface area contributed by atoms with E-state index in [0.29, 0.717) is 74.0 Å². The first-order valence-electron chi connectivity index (χ1n) is 29.5. The summed E-state index contributed by atoms with van der Waals surface area (Å²) in [5, 5.41) is 7.34. The molecule has 2 N–H and O–H groups in total. The highest BCUT2D eigenvalue weighted by Crippen LogP contribution is 2.33. The maximum atomic E-state index is 13.4. The summed E-state index contributed by atoms with van der Waals surface area (Å²) in [4.78, 5) is 85.1. The maximum absolute atomic E-state index is 13.4. The average Bonchev–Trinajstić information content (AvgIpc) is 3.99. The third-order valence-corrected chi connectivity index (χ3v) is 19.8. The predicted octanol–water partition coefficient (Wildman–Crippen LogP) is 10.0. The molecule has 0 spiro atoms. The number of hydrogen-bond donors (Lipinski definition) is 2. The van der Waals surface area contributed by atoms with Crippen molar-refractivity contribution in [1.82, 2.24) is 39.8 Å². The number of benzene rings is 2. The highest BCUT2D eigenvalue weighted by molar-refractivity contribution is 7.17. The summed E-state index contributed by atoms with van der Waals surface area (Å²) < 4.78 is 26.7. The van der Waals surface area contributed by atoms with Crippen LogP contribution in [-0.2, 0) is 28.9 Å². The molecule has 2 aromatic carbocycles. The van der Waals surface area contributed by atoms with E-state index in [1.165, 1.54) is 85.5 Å². The minimum absolute atomic E-state index is 0.0156. The number of thiazole rings is 2. The highest BCUT2D eigenvalue weighted by Gasteiger charge is 2.38. The Labute approximate surface area is 481 Å². The minimum Gasteiger partial charge on any atom is -0.342 e. The Morgan fingerprint density at radius 1 is 0.650 bits per heavy atom. The summed E-state index contributed by atoms with van der Waals surface area (Å²) >= 11 is 2.56. The highest BCUT2D eigenvalue weighted by atomic mass is 32.1. The lowest BCUT2D eigenvalue weighted by molar-refractivity contribution is -0.138. The van der Waals surface area contributed by atoms with E-state index < -0.39 is 0 Å². The first kappa shape index (κ1) is 61.2. The Morgan fingerprint density at radius 2 is 1.21 bits per heavy atom. The van der Waals surface area contributed by atoms with E-state index in [4.69, 9.17) is 0 Å². The van der Waals surface area contributed by atoms with Crippen LogP contribution >= 0.6 is 22.7 Å². The van der Waals surface area contributed by atoms with Gasteiger partial charge in [0, 0.05) is 96.5 Å². The molecule has 5 aliphatic rings. The van der Waals surface area contributed by atoms with Gasteiger partial charge in [-0.3, -0.25) is 29.4 Å². The van der Waals surface area contributed by atoms with Crippen LogP contribution in [-0.4, -0.2) is 161 Å². The van der Waals surface area contributed by atoms with Gasteiger partial charge in [0.05, 0.1) is 27.6 Å². The van der Waals surface area contributed by atoms with Crippen molar-refractivity contribution in [3.63, 3.8) is 0 Å². The van der Waals surface area contributed by atoms with Crippen molar-refractivity contribution < 1.29 is 32.8 Å². The fraction of sp³-hybridized carbons (Fsp3) is 0.629. The number of piperidine rings is 5. The van der Waals surface area contributed by atoms with Gasteiger partial charge in [-0.1, -0.05) is 49.4 Å². The van der Waals surface area contributed by atoms with Gasteiger partial charge in [0.15, 0.2) is 16.7 Å². The normalized spacial score (nSPS) is 23.8. The average molecular weight is 1140 g/mol. The van der Waals surface area contributed by atoms with Crippen LogP contribution in [0.1, 0.15) is 132 Å². The SMILES string of the molecule is CC(=O)c1sc(CC(=O)C[C@@H]2CN(C(=O)C(C)C)CC[C@H]2CN2CCC[C@@H](Cc3ccc(F)cc3)C2)nc1C.CC(=O)c1sc(NC(=O)N[C@@H]2CCN(C3CCN(C)CC3)C[C@H]2CN2CCC[C@@H](Cc3ccc(F)cc3)C2)nc1C. The summed E-state index contributed by atoms with van der Waals surface area (Å²) in [7, 11) is 2.20. The van der Waals surface area contributed by atoms with Crippen LogP contribution in [0, 0.1) is 61.0 Å². The summed E-state index contributed by atoms with van der Waals surface area (Å²) in [6.45, 7) is 22.2. The third-order valence-electron chi connectivity index (χ3n) is 17.4. The van der Waals surface area contributed by atoms with E-state index in [9.17, 15) is 32.8 Å². The number of rotatable bonds is 18. The Balaban J connectivity index is 0.000000211. The van der Waals surface area contributed by atoms with Crippen molar-refractivity contribution >= 4 is 57.1 Å². The molecule has 3 amide bonds. The van der Waals surface area contributed by atoms with Gasteiger partial charge in [0.2, 0.25) is 5.91 Å². The van der Waals surface area contributed by atoms with Gasteiger partial charge in [-0.25, -0.2) is 23.5 Å². The molecule has 0 aliphatic carbocycles. The van der Waals surface area contributed by atoms with Crippen molar-refractivity contribution in [2.45, 2.75) is 131 Å². The number of nitrogens with zero attached hydrogens (tertiary/aromatic N) is 7. The van der Waals surface area contributed by atoms with E-state index >= 15 is 0 Å². The van der Waals surface area contributed by atoms with E-state index in [-0.39, 0.29) is 65.2 Å². The molecule has 0 bridgehead atoms. The minimum atomic E-state index is -0.246. The van der Waals surface area contributed by atoms with Crippen molar-refractivity contribution in [2.75, 3.05) is 90.9 Å². The lowest BCUT2D eigenvalue weighted by atomic mass is 9.80. The number of anilines is 1. The molecule has 7 heterocycles. The number of aromatic nitrogens is 2. The number of amides is 3. The monoisotopic (exact) mass is 1140 g/mol. The van der Waals surface area contributed by atoms with Gasteiger partial charge in [-0.15, -0.1) is 11.3 Å². The Kier molecular flexibility index (Phi) is 22.1. The van der Waals surface area contributed by atoms with Crippen molar-refractivity contribution in [1.29, 1.82) is 0 Å². The van der Waals surface area contributed by atoms with E-state index in [2.05, 4.69) is 47.2 Å². The van der Waals surface area contributed by atoms with Gasteiger partial charge in [0.1, 0.15) is 22.4 Å². The number of likely N-dealkylation sites (tertiary alicyclic amines) is 5. The molecule has 5 aliphatic heterocycles. The van der Waals surface area contributed by atoms with Gasteiger partial charge in [0.25, 0.3) is 0 Å². The van der Waals surface area contributed by atoms with Crippen molar-refractivity contribution in [2.24, 2.45) is 35.5 Å². The molecule has 4 aromatic rings.